The largest absolute Gasteiger partial charge is 0.390 e. The highest BCUT2D eigenvalue weighted by molar-refractivity contribution is 7.99. The summed E-state index contributed by atoms with van der Waals surface area (Å²) in [5.41, 5.74) is -1.29. The van der Waals surface area contributed by atoms with Gasteiger partial charge in [-0.05, 0) is 51.5 Å². The molecule has 2 N–H and O–H groups in total. The lowest BCUT2D eigenvalue weighted by Gasteiger charge is -2.32. The first-order valence-corrected chi connectivity index (χ1v) is 11.4. The van der Waals surface area contributed by atoms with Crippen LogP contribution in [0.4, 0.5) is 8.78 Å². The molecule has 0 radical (unpaired) electrons. The van der Waals surface area contributed by atoms with Gasteiger partial charge < -0.3 is 14.8 Å². The normalized spacial score (nSPS) is 35.0. The predicted molar refractivity (Wildman–Crippen MR) is 113 cm³/mol. The number of hydrogen-bond acceptors (Lipinski definition) is 6. The Morgan fingerprint density at radius 2 is 2.10 bits per heavy atom. The molecule has 0 amide bonds. The molecule has 2 fully saturated rings. The zero-order chi connectivity index (χ0) is 21.5. The van der Waals surface area contributed by atoms with Crippen LogP contribution >= 0.6 is 11.8 Å². The molecule has 0 bridgehead atoms. The topological polar surface area (TPSA) is 87.6 Å². The first-order chi connectivity index (χ1) is 14.3. The van der Waals surface area contributed by atoms with Crippen LogP contribution in [0.1, 0.15) is 51.3 Å². The lowest BCUT2D eigenvalue weighted by molar-refractivity contribution is 0.0240. The minimum absolute atomic E-state index is 0.0224. The van der Waals surface area contributed by atoms with Crippen LogP contribution in [-0.2, 0) is 10.5 Å². The van der Waals surface area contributed by atoms with E-state index in [9.17, 15) is 18.7 Å². The minimum atomic E-state index is -2.04. The van der Waals surface area contributed by atoms with Crippen molar-refractivity contribution in [2.75, 3.05) is 7.11 Å². The van der Waals surface area contributed by atoms with Crippen LogP contribution in [0, 0.1) is 0 Å². The Labute approximate surface area is 177 Å². The van der Waals surface area contributed by atoms with E-state index in [1.165, 1.54) is 6.08 Å². The molecular formula is C21H27F2N3O3S. The van der Waals surface area contributed by atoms with E-state index in [4.69, 9.17) is 4.74 Å². The second kappa shape index (κ2) is 8.51. The molecule has 4 rings (SSSR count). The number of nitrogens with one attached hydrogen (secondary N) is 1. The average molecular weight is 440 g/mol. The van der Waals surface area contributed by atoms with Crippen LogP contribution in [0.3, 0.4) is 0 Å². The van der Waals surface area contributed by atoms with Gasteiger partial charge in [0.05, 0.1) is 34.6 Å². The standard InChI is InChI=1S/C21H27F2N3O3S/c1-21(28)5-3-13(4-6-21)30-10-16-25-14-9-15(24-11-7-12(8-11)29-2)18(22)19(23)17(14)20(27)26-16/h9,11-13,18,28H,3-8,10H2,1-2H3,(H,25,26,27). The van der Waals surface area contributed by atoms with E-state index in [-0.39, 0.29) is 28.4 Å². The number of aliphatic imine (C=N–C) groups is 1. The number of thioether (sulfide) groups is 1. The molecule has 1 atom stereocenters. The molecule has 0 aromatic carbocycles. The van der Waals surface area contributed by atoms with Gasteiger partial charge in [-0.25, -0.2) is 13.8 Å². The Morgan fingerprint density at radius 1 is 1.40 bits per heavy atom. The van der Waals surface area contributed by atoms with Crippen molar-refractivity contribution in [2.24, 2.45) is 4.99 Å². The maximum Gasteiger partial charge on any atom is 0.261 e. The van der Waals surface area contributed by atoms with Crippen LogP contribution in [-0.4, -0.2) is 57.1 Å². The van der Waals surface area contributed by atoms with Gasteiger partial charge in [0.1, 0.15) is 11.0 Å². The zero-order valence-corrected chi connectivity index (χ0v) is 18.0. The number of halogens is 2. The molecule has 164 valence electrons. The van der Waals surface area contributed by atoms with Crippen LogP contribution < -0.4 is 16.1 Å². The Morgan fingerprint density at radius 3 is 2.77 bits per heavy atom. The third-order valence-electron chi connectivity index (χ3n) is 6.20. The highest BCUT2D eigenvalue weighted by atomic mass is 32.2. The number of aromatic nitrogens is 2. The highest BCUT2D eigenvalue weighted by Crippen LogP contribution is 2.35. The van der Waals surface area contributed by atoms with Crippen molar-refractivity contribution in [1.29, 1.82) is 0 Å². The van der Waals surface area contributed by atoms with E-state index in [0.29, 0.717) is 29.7 Å². The van der Waals surface area contributed by atoms with Gasteiger partial charge in [0, 0.05) is 12.4 Å². The van der Waals surface area contributed by atoms with Gasteiger partial charge in [0.25, 0.3) is 5.56 Å². The molecule has 3 aliphatic carbocycles. The van der Waals surface area contributed by atoms with Crippen LogP contribution in [0.15, 0.2) is 9.79 Å². The van der Waals surface area contributed by atoms with E-state index < -0.39 is 23.2 Å². The highest BCUT2D eigenvalue weighted by Gasteiger charge is 2.32. The Bertz CT molecular complexity index is 1010. The number of fused-ring (bicyclic) bond motifs is 1. The molecule has 1 heterocycles. The summed E-state index contributed by atoms with van der Waals surface area (Å²) in [4.78, 5) is 23.7. The predicted octanol–water partition coefficient (Wildman–Crippen LogP) is 1.52. The fraction of sp³-hybridized carbons (Fsp3) is 0.667. The first-order valence-electron chi connectivity index (χ1n) is 10.3. The van der Waals surface area contributed by atoms with Crippen molar-refractivity contribution >= 4 is 29.4 Å². The summed E-state index contributed by atoms with van der Waals surface area (Å²) in [5, 5.41) is 10.2. The molecule has 30 heavy (non-hydrogen) atoms. The summed E-state index contributed by atoms with van der Waals surface area (Å²) >= 11 is 1.66. The maximum atomic E-state index is 14.6. The van der Waals surface area contributed by atoms with E-state index in [0.717, 1.165) is 25.7 Å². The first kappa shape index (κ1) is 21.6. The summed E-state index contributed by atoms with van der Waals surface area (Å²) in [6.07, 6.45) is 4.08. The molecule has 0 spiro atoms. The van der Waals surface area contributed by atoms with Gasteiger partial charge in [0.2, 0.25) is 0 Å². The molecule has 6 nitrogen and oxygen atoms in total. The molecule has 3 aliphatic rings. The van der Waals surface area contributed by atoms with Crippen molar-refractivity contribution in [3.8, 4) is 0 Å². The molecule has 1 unspecified atom stereocenters. The van der Waals surface area contributed by atoms with Crippen molar-refractivity contribution in [1.82, 2.24) is 9.97 Å². The van der Waals surface area contributed by atoms with Crippen molar-refractivity contribution in [3.63, 3.8) is 0 Å². The number of aromatic amines is 1. The molecule has 1 aromatic heterocycles. The number of alkyl halides is 1. The Hall–Kier alpha value is -1.58. The average Bonchev–Trinajstić information content (AvgIpc) is 2.66. The van der Waals surface area contributed by atoms with Crippen molar-refractivity contribution in [3.05, 3.63) is 26.7 Å². The van der Waals surface area contributed by atoms with Crippen LogP contribution in [0.2, 0.25) is 0 Å². The minimum Gasteiger partial charge on any atom is -0.390 e. The fourth-order valence-electron chi connectivity index (χ4n) is 4.14. The fourth-order valence-corrected chi connectivity index (χ4v) is 5.24. The van der Waals surface area contributed by atoms with Crippen LogP contribution in [0.5, 0.6) is 0 Å². The summed E-state index contributed by atoms with van der Waals surface area (Å²) < 4.78 is 34.4. The van der Waals surface area contributed by atoms with Gasteiger partial charge in [-0.2, -0.15) is 11.8 Å². The number of ether oxygens (including phenoxy) is 1. The molecular weight excluding hydrogens is 412 g/mol. The van der Waals surface area contributed by atoms with Gasteiger partial charge >= 0.3 is 0 Å². The molecule has 1 aromatic rings. The van der Waals surface area contributed by atoms with Crippen molar-refractivity contribution in [2.45, 2.75) is 80.4 Å². The van der Waals surface area contributed by atoms with Crippen LogP contribution in [0.25, 0.3) is 11.9 Å². The van der Waals surface area contributed by atoms with Crippen molar-refractivity contribution < 1.29 is 18.6 Å². The maximum absolute atomic E-state index is 14.6. The van der Waals surface area contributed by atoms with E-state index in [2.05, 4.69) is 15.0 Å². The number of nitrogens with zero attached hydrogens (tertiary/aromatic N) is 2. The number of aliphatic hydroxyl groups is 1. The smallest absolute Gasteiger partial charge is 0.261 e. The third-order valence-corrected chi connectivity index (χ3v) is 7.59. The monoisotopic (exact) mass is 439 g/mol. The number of methoxy groups -OCH3 is 1. The second-order valence-electron chi connectivity index (χ2n) is 8.67. The summed E-state index contributed by atoms with van der Waals surface area (Å²) in [6.45, 7) is 1.85. The SMILES string of the molecule is COC1CC(N=C2C=c3nc(CSC4CCC(C)(O)CC4)[nH]c(=O)c3=C(F)C2F)C1. The molecule has 9 heteroatoms. The van der Waals surface area contributed by atoms with Gasteiger partial charge in [-0.15, -0.1) is 0 Å². The van der Waals surface area contributed by atoms with Gasteiger partial charge in [0.15, 0.2) is 12.0 Å². The molecule has 2 saturated carbocycles. The lowest BCUT2D eigenvalue weighted by Crippen LogP contribution is -2.50. The number of hydrogen-bond donors (Lipinski definition) is 2. The quantitative estimate of drug-likeness (QED) is 0.727. The van der Waals surface area contributed by atoms with Gasteiger partial charge in [-0.1, -0.05) is 0 Å². The Kier molecular flexibility index (Phi) is 6.14. The summed E-state index contributed by atoms with van der Waals surface area (Å²) in [6, 6.07) is -0.102. The summed E-state index contributed by atoms with van der Waals surface area (Å²) in [7, 11) is 1.62. The lowest BCUT2D eigenvalue weighted by atomic mass is 9.86. The van der Waals surface area contributed by atoms with Gasteiger partial charge in [-0.3, -0.25) is 9.79 Å². The number of H-pyrrole nitrogens is 1. The summed E-state index contributed by atoms with van der Waals surface area (Å²) in [5.74, 6) is -0.227. The van der Waals surface area contributed by atoms with E-state index in [1.807, 2.05) is 6.92 Å². The molecule has 0 aliphatic heterocycles. The number of rotatable bonds is 5. The van der Waals surface area contributed by atoms with E-state index in [1.54, 1.807) is 18.9 Å². The Balaban J connectivity index is 1.54. The van der Waals surface area contributed by atoms with E-state index >= 15 is 0 Å². The second-order valence-corrected chi connectivity index (χ2v) is 9.96. The third kappa shape index (κ3) is 4.53. The molecule has 0 saturated heterocycles. The zero-order valence-electron chi connectivity index (χ0n) is 17.2.